The zero-order valence-corrected chi connectivity index (χ0v) is 6.72. The normalized spacial score (nSPS) is 20.1. The maximum absolute atomic E-state index is 3.92. The monoisotopic (exact) mass is 151 g/mol. The molecule has 0 unspecified atom stereocenters. The molecule has 3 heteroatoms. The number of H-pyrrole nitrogens is 1. The summed E-state index contributed by atoms with van der Waals surface area (Å²) in [5.74, 6) is 0. The van der Waals surface area contributed by atoms with Gasteiger partial charge in [0.25, 0.3) is 0 Å². The average Bonchev–Trinajstić information content (AvgIpc) is 2.59. The fourth-order valence-corrected chi connectivity index (χ4v) is 1.43. The molecular weight excluding hydrogens is 138 g/mol. The van der Waals surface area contributed by atoms with Crippen LogP contribution in [-0.2, 0) is 6.42 Å². The van der Waals surface area contributed by atoms with Crippen LogP contribution in [0.15, 0.2) is 12.4 Å². The van der Waals surface area contributed by atoms with Gasteiger partial charge in [0.1, 0.15) is 0 Å². The Morgan fingerprint density at radius 1 is 1.73 bits per heavy atom. The molecule has 0 aromatic carbocycles. The summed E-state index contributed by atoms with van der Waals surface area (Å²) >= 11 is 0. The Hall–Kier alpha value is -0.830. The van der Waals surface area contributed by atoms with Gasteiger partial charge in [-0.25, -0.2) is 0 Å². The second-order valence-corrected chi connectivity index (χ2v) is 3.31. The quantitative estimate of drug-likeness (QED) is 0.667. The van der Waals surface area contributed by atoms with E-state index in [1.165, 1.54) is 18.4 Å². The highest BCUT2D eigenvalue weighted by Crippen LogP contribution is 2.37. The number of aromatic amines is 1. The van der Waals surface area contributed by atoms with E-state index in [9.17, 15) is 0 Å². The molecule has 60 valence electrons. The van der Waals surface area contributed by atoms with Gasteiger partial charge in [-0.2, -0.15) is 5.10 Å². The molecule has 0 spiro atoms. The number of hydrogen-bond acceptors (Lipinski definition) is 2. The molecule has 0 atom stereocenters. The summed E-state index contributed by atoms with van der Waals surface area (Å²) in [4.78, 5) is 0. The predicted octanol–water partition coefficient (Wildman–Crippen LogP) is 0.704. The lowest BCUT2D eigenvalue weighted by atomic mass is 10.1. The number of nitrogens with one attached hydrogen (secondary N) is 2. The lowest BCUT2D eigenvalue weighted by Crippen LogP contribution is -2.29. The van der Waals surface area contributed by atoms with Gasteiger partial charge in [-0.1, -0.05) is 0 Å². The second kappa shape index (κ2) is 2.34. The van der Waals surface area contributed by atoms with E-state index in [-0.39, 0.29) is 0 Å². The molecule has 11 heavy (non-hydrogen) atoms. The zero-order chi connectivity index (χ0) is 7.73. The Morgan fingerprint density at radius 3 is 3.00 bits per heavy atom. The molecule has 0 bridgehead atoms. The van der Waals surface area contributed by atoms with Crippen molar-refractivity contribution in [3.63, 3.8) is 0 Å². The zero-order valence-electron chi connectivity index (χ0n) is 6.72. The lowest BCUT2D eigenvalue weighted by molar-refractivity contribution is 0.549. The first-order valence-electron chi connectivity index (χ1n) is 4.01. The Balaban J connectivity index is 2.01. The van der Waals surface area contributed by atoms with Crippen molar-refractivity contribution in [2.24, 2.45) is 0 Å². The molecule has 0 amide bonds. The summed E-state index contributed by atoms with van der Waals surface area (Å²) < 4.78 is 0. The predicted molar refractivity (Wildman–Crippen MR) is 43.3 cm³/mol. The topological polar surface area (TPSA) is 40.7 Å². The molecular formula is C8H13N3. The fourth-order valence-electron chi connectivity index (χ4n) is 1.43. The van der Waals surface area contributed by atoms with Gasteiger partial charge < -0.3 is 5.32 Å². The third-order valence-electron chi connectivity index (χ3n) is 2.48. The van der Waals surface area contributed by atoms with Crippen LogP contribution < -0.4 is 5.32 Å². The van der Waals surface area contributed by atoms with E-state index in [0.717, 1.165) is 6.42 Å². The lowest BCUT2D eigenvalue weighted by Gasteiger charge is -2.11. The van der Waals surface area contributed by atoms with Crippen molar-refractivity contribution in [3.8, 4) is 0 Å². The van der Waals surface area contributed by atoms with Crippen molar-refractivity contribution in [1.29, 1.82) is 0 Å². The van der Waals surface area contributed by atoms with Gasteiger partial charge in [-0.3, -0.25) is 5.10 Å². The minimum Gasteiger partial charge on any atom is -0.314 e. The van der Waals surface area contributed by atoms with Crippen LogP contribution >= 0.6 is 0 Å². The van der Waals surface area contributed by atoms with Crippen molar-refractivity contribution in [1.82, 2.24) is 15.5 Å². The van der Waals surface area contributed by atoms with E-state index in [1.807, 2.05) is 19.4 Å². The SMILES string of the molecule is CNC1(Cc2cn[nH]c2)CC1. The highest BCUT2D eigenvalue weighted by atomic mass is 15.1. The summed E-state index contributed by atoms with van der Waals surface area (Å²) in [5.41, 5.74) is 1.71. The molecule has 3 nitrogen and oxygen atoms in total. The molecule has 0 radical (unpaired) electrons. The van der Waals surface area contributed by atoms with Crippen LogP contribution in [0.25, 0.3) is 0 Å². The number of aromatic nitrogens is 2. The fraction of sp³-hybridized carbons (Fsp3) is 0.625. The molecule has 1 aliphatic rings. The molecule has 2 rings (SSSR count). The van der Waals surface area contributed by atoms with E-state index < -0.39 is 0 Å². The van der Waals surface area contributed by atoms with Crippen molar-refractivity contribution in [3.05, 3.63) is 18.0 Å². The van der Waals surface area contributed by atoms with E-state index in [4.69, 9.17) is 0 Å². The summed E-state index contributed by atoms with van der Waals surface area (Å²) in [7, 11) is 2.03. The van der Waals surface area contributed by atoms with E-state index in [0.29, 0.717) is 5.54 Å². The molecule has 1 saturated carbocycles. The van der Waals surface area contributed by atoms with Crippen LogP contribution in [-0.4, -0.2) is 22.8 Å². The summed E-state index contributed by atoms with van der Waals surface area (Å²) in [5, 5.41) is 10.1. The van der Waals surface area contributed by atoms with Crippen molar-refractivity contribution in [2.75, 3.05) is 7.05 Å². The molecule has 0 aliphatic heterocycles. The first-order chi connectivity index (χ1) is 5.35. The van der Waals surface area contributed by atoms with E-state index >= 15 is 0 Å². The van der Waals surface area contributed by atoms with Gasteiger partial charge in [0, 0.05) is 11.7 Å². The average molecular weight is 151 g/mol. The van der Waals surface area contributed by atoms with Crippen molar-refractivity contribution >= 4 is 0 Å². The third kappa shape index (κ3) is 1.28. The number of likely N-dealkylation sites (N-methyl/N-ethyl adjacent to an activating group) is 1. The van der Waals surface area contributed by atoms with E-state index in [2.05, 4.69) is 15.5 Å². The molecule has 1 aromatic heterocycles. The highest BCUT2D eigenvalue weighted by molar-refractivity contribution is 5.14. The van der Waals surface area contributed by atoms with Crippen LogP contribution in [0.5, 0.6) is 0 Å². The number of hydrogen-bond donors (Lipinski definition) is 2. The second-order valence-electron chi connectivity index (χ2n) is 3.31. The van der Waals surface area contributed by atoms with Gasteiger partial charge >= 0.3 is 0 Å². The molecule has 1 fully saturated rings. The summed E-state index contributed by atoms with van der Waals surface area (Å²) in [6.07, 6.45) is 7.58. The number of nitrogens with zero attached hydrogens (tertiary/aromatic N) is 1. The Kier molecular flexibility index (Phi) is 1.46. The largest absolute Gasteiger partial charge is 0.314 e. The van der Waals surface area contributed by atoms with Crippen LogP contribution in [0.3, 0.4) is 0 Å². The third-order valence-corrected chi connectivity index (χ3v) is 2.48. The Morgan fingerprint density at radius 2 is 2.55 bits per heavy atom. The summed E-state index contributed by atoms with van der Waals surface area (Å²) in [6, 6.07) is 0. The van der Waals surface area contributed by atoms with Gasteiger partial charge in [-0.15, -0.1) is 0 Å². The molecule has 1 aromatic rings. The summed E-state index contributed by atoms with van der Waals surface area (Å²) in [6.45, 7) is 0. The molecule has 0 saturated heterocycles. The standard InChI is InChI=1S/C8H13N3/c1-9-8(2-3-8)4-7-5-10-11-6-7/h5-6,9H,2-4H2,1H3,(H,10,11). The van der Waals surface area contributed by atoms with Crippen molar-refractivity contribution < 1.29 is 0 Å². The van der Waals surface area contributed by atoms with Crippen LogP contribution in [0.2, 0.25) is 0 Å². The highest BCUT2D eigenvalue weighted by Gasteiger charge is 2.40. The Labute approximate surface area is 66.2 Å². The minimum atomic E-state index is 0.407. The maximum atomic E-state index is 3.92. The van der Waals surface area contributed by atoms with Crippen LogP contribution in [0, 0.1) is 0 Å². The minimum absolute atomic E-state index is 0.407. The van der Waals surface area contributed by atoms with Gasteiger partial charge in [0.05, 0.1) is 6.20 Å². The van der Waals surface area contributed by atoms with Gasteiger partial charge in [0.2, 0.25) is 0 Å². The molecule has 1 aliphatic carbocycles. The van der Waals surface area contributed by atoms with Crippen LogP contribution in [0.4, 0.5) is 0 Å². The first kappa shape index (κ1) is 6.85. The molecule has 2 N–H and O–H groups in total. The molecule has 1 heterocycles. The smallest absolute Gasteiger partial charge is 0.0519 e. The Bertz CT molecular complexity index is 223. The maximum Gasteiger partial charge on any atom is 0.0519 e. The first-order valence-corrected chi connectivity index (χ1v) is 4.01. The van der Waals surface area contributed by atoms with Gasteiger partial charge in [-0.05, 0) is 31.9 Å². The van der Waals surface area contributed by atoms with E-state index in [1.54, 1.807) is 0 Å². The number of rotatable bonds is 3. The van der Waals surface area contributed by atoms with Crippen LogP contribution in [0.1, 0.15) is 18.4 Å². The van der Waals surface area contributed by atoms with Crippen molar-refractivity contribution in [2.45, 2.75) is 24.8 Å². The van der Waals surface area contributed by atoms with Gasteiger partial charge in [0.15, 0.2) is 0 Å².